The molecular weight excluding hydrogens is 248 g/mol. The molecule has 0 amide bonds. The first-order valence-electron chi connectivity index (χ1n) is 6.65. The zero-order chi connectivity index (χ0) is 13.0. The molecule has 0 N–H and O–H groups in total. The Kier molecular flexibility index (Phi) is 2.44. The van der Waals surface area contributed by atoms with Gasteiger partial charge in [-0.1, -0.05) is 95.5 Å². The summed E-state index contributed by atoms with van der Waals surface area (Å²) in [6.45, 7) is 9.98. The van der Waals surface area contributed by atoms with Crippen LogP contribution in [-0.2, 0) is 0 Å². The highest BCUT2D eigenvalue weighted by molar-refractivity contribution is 7.16. The van der Waals surface area contributed by atoms with Crippen LogP contribution in [0.15, 0.2) is 48.5 Å². The molecule has 0 fully saturated rings. The smallest absolute Gasteiger partial charge is 0.0627 e. The van der Waals surface area contributed by atoms with E-state index in [0.717, 1.165) is 0 Å². The van der Waals surface area contributed by atoms with Crippen molar-refractivity contribution in [1.82, 2.24) is 0 Å². The van der Waals surface area contributed by atoms with Crippen molar-refractivity contribution in [1.29, 1.82) is 0 Å². The summed E-state index contributed by atoms with van der Waals surface area (Å²) in [6.07, 6.45) is 0. The van der Waals surface area contributed by atoms with Gasteiger partial charge in [0.2, 0.25) is 0 Å². The van der Waals surface area contributed by atoms with Crippen molar-refractivity contribution in [3.05, 3.63) is 48.5 Å². The fraction of sp³-hybridized carbons (Fsp3) is 0.250. The van der Waals surface area contributed by atoms with Crippen LogP contribution in [-0.4, -0.2) is 16.1 Å². The highest BCUT2D eigenvalue weighted by atomic mass is 28.3. The second-order valence-electron chi connectivity index (χ2n) is 6.34. The first-order valence-corrected chi connectivity index (χ1v) is 12.7. The van der Waals surface area contributed by atoms with Gasteiger partial charge in [0.25, 0.3) is 0 Å². The maximum atomic E-state index is 2.49. The molecule has 0 spiro atoms. The van der Waals surface area contributed by atoms with Crippen molar-refractivity contribution in [2.45, 2.75) is 26.2 Å². The lowest BCUT2D eigenvalue weighted by atomic mass is 10.3. The number of hydrogen-bond donors (Lipinski definition) is 0. The Bertz CT molecular complexity index is 506. The number of rotatable bonds is 0. The molecule has 0 unspecified atom stereocenters. The van der Waals surface area contributed by atoms with Crippen molar-refractivity contribution in [2.75, 3.05) is 0 Å². The normalized spacial score (nSPS) is 18.9. The van der Waals surface area contributed by atoms with Crippen molar-refractivity contribution in [3.8, 4) is 0 Å². The SMILES string of the molecule is C[Si]1(C)c2ccccc2[Si](C)(C)c2ccccc21. The molecule has 0 bridgehead atoms. The van der Waals surface area contributed by atoms with Gasteiger partial charge in [-0.15, -0.1) is 0 Å². The molecule has 0 aromatic heterocycles. The van der Waals surface area contributed by atoms with Crippen molar-refractivity contribution >= 4 is 36.9 Å². The Hall–Kier alpha value is -1.13. The highest BCUT2D eigenvalue weighted by Crippen LogP contribution is 2.14. The van der Waals surface area contributed by atoms with Gasteiger partial charge in [0.05, 0.1) is 0 Å². The molecule has 0 saturated heterocycles. The predicted octanol–water partition coefficient (Wildman–Crippen LogP) is 1.65. The molecule has 3 rings (SSSR count). The van der Waals surface area contributed by atoms with E-state index in [2.05, 4.69) is 74.7 Å². The minimum absolute atomic E-state index is 1.49. The third-order valence-corrected chi connectivity index (χ3v) is 12.2. The summed E-state index contributed by atoms with van der Waals surface area (Å²) in [5, 5.41) is 6.67. The van der Waals surface area contributed by atoms with Gasteiger partial charge in [-0.05, 0) is 0 Å². The van der Waals surface area contributed by atoms with Gasteiger partial charge in [-0.25, -0.2) is 0 Å². The maximum Gasteiger partial charge on any atom is 0.111 e. The van der Waals surface area contributed by atoms with Gasteiger partial charge < -0.3 is 0 Å². The topological polar surface area (TPSA) is 0 Å². The molecular formula is C16H20Si2. The Morgan fingerprint density at radius 3 is 0.944 bits per heavy atom. The molecule has 2 heteroatoms. The lowest BCUT2D eigenvalue weighted by molar-refractivity contribution is 1.64. The van der Waals surface area contributed by atoms with Crippen LogP contribution in [0.2, 0.25) is 26.2 Å². The second-order valence-corrected chi connectivity index (χ2v) is 15.0. The summed E-state index contributed by atoms with van der Waals surface area (Å²) in [5.74, 6) is 0. The first kappa shape index (κ1) is 11.9. The van der Waals surface area contributed by atoms with E-state index in [1.165, 1.54) is 0 Å². The molecule has 1 aliphatic rings. The van der Waals surface area contributed by atoms with Gasteiger partial charge in [0.15, 0.2) is 0 Å². The third kappa shape index (κ3) is 1.42. The molecule has 18 heavy (non-hydrogen) atoms. The van der Waals surface area contributed by atoms with Gasteiger partial charge in [0, 0.05) is 0 Å². The van der Waals surface area contributed by atoms with E-state index in [-0.39, 0.29) is 0 Å². The summed E-state index contributed by atoms with van der Waals surface area (Å²) in [7, 11) is -2.97. The summed E-state index contributed by atoms with van der Waals surface area (Å²) >= 11 is 0. The van der Waals surface area contributed by atoms with E-state index in [1.807, 2.05) is 0 Å². The number of fused-ring (bicyclic) bond motifs is 2. The number of hydrogen-bond acceptors (Lipinski definition) is 0. The summed E-state index contributed by atoms with van der Waals surface area (Å²) in [6, 6.07) is 18.4. The molecule has 0 atom stereocenters. The van der Waals surface area contributed by atoms with Crippen LogP contribution in [0.3, 0.4) is 0 Å². The van der Waals surface area contributed by atoms with Crippen LogP contribution in [0.5, 0.6) is 0 Å². The van der Waals surface area contributed by atoms with Crippen LogP contribution in [0.25, 0.3) is 0 Å². The van der Waals surface area contributed by atoms with Crippen LogP contribution in [0, 0.1) is 0 Å². The van der Waals surface area contributed by atoms with Crippen molar-refractivity contribution in [2.24, 2.45) is 0 Å². The van der Waals surface area contributed by atoms with Gasteiger partial charge >= 0.3 is 0 Å². The second kappa shape index (κ2) is 3.68. The lowest BCUT2D eigenvalue weighted by Crippen LogP contribution is -2.77. The average Bonchev–Trinajstić information content (AvgIpc) is 2.37. The minimum Gasteiger partial charge on any atom is -0.0627 e. The summed E-state index contributed by atoms with van der Waals surface area (Å²) in [5.41, 5.74) is 0. The largest absolute Gasteiger partial charge is 0.111 e. The van der Waals surface area contributed by atoms with Crippen LogP contribution < -0.4 is 20.7 Å². The van der Waals surface area contributed by atoms with E-state index in [4.69, 9.17) is 0 Å². The standard InChI is InChI=1S/C16H20Si2/c1-17(2)13-9-5-7-11-15(13)18(3,4)16-12-8-6-10-14(16)17/h5-12H,1-4H3. The number of benzene rings is 2. The van der Waals surface area contributed by atoms with Gasteiger partial charge in [-0.2, -0.15) is 0 Å². The maximum absolute atomic E-state index is 2.49. The molecule has 2 aromatic rings. The molecule has 92 valence electrons. The summed E-state index contributed by atoms with van der Waals surface area (Å²) in [4.78, 5) is 0. The Morgan fingerprint density at radius 1 is 0.500 bits per heavy atom. The molecule has 0 aliphatic carbocycles. The first-order chi connectivity index (χ1) is 8.45. The average molecular weight is 269 g/mol. The van der Waals surface area contributed by atoms with Crippen molar-refractivity contribution < 1.29 is 0 Å². The quantitative estimate of drug-likeness (QED) is 0.637. The van der Waals surface area contributed by atoms with E-state index in [1.54, 1.807) is 20.7 Å². The van der Waals surface area contributed by atoms with Crippen LogP contribution >= 0.6 is 0 Å². The fourth-order valence-corrected chi connectivity index (χ4v) is 12.8. The van der Waals surface area contributed by atoms with E-state index in [9.17, 15) is 0 Å². The van der Waals surface area contributed by atoms with E-state index < -0.39 is 16.1 Å². The molecule has 2 aromatic carbocycles. The van der Waals surface area contributed by atoms with Crippen molar-refractivity contribution in [3.63, 3.8) is 0 Å². The minimum atomic E-state index is -1.49. The molecule has 1 heterocycles. The Balaban J connectivity index is 2.41. The molecule has 1 aliphatic heterocycles. The molecule has 0 nitrogen and oxygen atoms in total. The summed E-state index contributed by atoms with van der Waals surface area (Å²) < 4.78 is 0. The van der Waals surface area contributed by atoms with E-state index >= 15 is 0 Å². The zero-order valence-electron chi connectivity index (χ0n) is 11.6. The van der Waals surface area contributed by atoms with Crippen LogP contribution in [0.1, 0.15) is 0 Å². The van der Waals surface area contributed by atoms with Gasteiger partial charge in [0.1, 0.15) is 16.1 Å². The van der Waals surface area contributed by atoms with Crippen LogP contribution in [0.4, 0.5) is 0 Å². The van der Waals surface area contributed by atoms with E-state index in [0.29, 0.717) is 0 Å². The van der Waals surface area contributed by atoms with Gasteiger partial charge in [-0.3, -0.25) is 0 Å². The lowest BCUT2D eigenvalue weighted by Gasteiger charge is -2.41. The molecule has 0 radical (unpaired) electrons. The highest BCUT2D eigenvalue weighted by Gasteiger charge is 2.43. The fourth-order valence-electron chi connectivity index (χ4n) is 3.44. The molecule has 0 saturated carbocycles. The zero-order valence-corrected chi connectivity index (χ0v) is 13.6. The Morgan fingerprint density at radius 2 is 0.722 bits per heavy atom. The Labute approximate surface area is 112 Å². The predicted molar refractivity (Wildman–Crippen MR) is 86.4 cm³/mol. The monoisotopic (exact) mass is 268 g/mol. The third-order valence-electron chi connectivity index (χ3n) is 4.55.